The Hall–Kier alpha value is -1.75. The van der Waals surface area contributed by atoms with Gasteiger partial charge in [-0.15, -0.1) is 0 Å². The molecule has 2 N–H and O–H groups in total. The van der Waals surface area contributed by atoms with Crippen molar-refractivity contribution in [2.75, 3.05) is 19.8 Å². The van der Waals surface area contributed by atoms with E-state index >= 15 is 0 Å². The van der Waals surface area contributed by atoms with Crippen LogP contribution in [0, 0.1) is 0 Å². The second kappa shape index (κ2) is 6.26. The first-order valence-corrected chi connectivity index (χ1v) is 6.07. The average Bonchev–Trinajstić information content (AvgIpc) is 2.38. The monoisotopic (exact) mass is 251 g/mol. The average molecular weight is 251 g/mol. The Kier molecular flexibility index (Phi) is 4.41. The fourth-order valence-electron chi connectivity index (χ4n) is 1.86. The molecule has 98 valence electrons. The Morgan fingerprint density at radius 3 is 3.00 bits per heavy atom. The predicted octanol–water partition coefficient (Wildman–Crippen LogP) is 1.41. The van der Waals surface area contributed by atoms with Crippen LogP contribution in [0.4, 0.5) is 0 Å². The summed E-state index contributed by atoms with van der Waals surface area (Å²) in [7, 11) is 0. The molecule has 0 fully saturated rings. The Labute approximate surface area is 106 Å². The van der Waals surface area contributed by atoms with Crippen molar-refractivity contribution >= 4 is 5.97 Å². The van der Waals surface area contributed by atoms with Gasteiger partial charge in [0.05, 0.1) is 0 Å². The standard InChI is InChI=1S/C13H17NO4/c15-12(16)5-2-6-14-9-10-3-1-4-11-13(10)18-8-7-17-11/h1,3-4,14H,2,5-9H2,(H,15,16). The van der Waals surface area contributed by atoms with E-state index in [2.05, 4.69) is 5.32 Å². The van der Waals surface area contributed by atoms with Crippen LogP contribution < -0.4 is 14.8 Å². The van der Waals surface area contributed by atoms with Crippen LogP contribution in [0.25, 0.3) is 0 Å². The highest BCUT2D eigenvalue weighted by atomic mass is 16.6. The zero-order valence-electron chi connectivity index (χ0n) is 10.1. The first-order valence-electron chi connectivity index (χ1n) is 6.07. The predicted molar refractivity (Wildman–Crippen MR) is 66.0 cm³/mol. The van der Waals surface area contributed by atoms with Gasteiger partial charge >= 0.3 is 5.97 Å². The summed E-state index contributed by atoms with van der Waals surface area (Å²) in [5.74, 6) is 0.825. The van der Waals surface area contributed by atoms with Crippen LogP contribution >= 0.6 is 0 Å². The van der Waals surface area contributed by atoms with Crippen molar-refractivity contribution in [3.05, 3.63) is 23.8 Å². The number of carboxylic acids is 1. The molecule has 0 aliphatic carbocycles. The third-order valence-electron chi connectivity index (χ3n) is 2.71. The van der Waals surface area contributed by atoms with Gasteiger partial charge < -0.3 is 19.9 Å². The number of hydrogen-bond acceptors (Lipinski definition) is 4. The fourth-order valence-corrected chi connectivity index (χ4v) is 1.86. The molecule has 0 spiro atoms. The van der Waals surface area contributed by atoms with Gasteiger partial charge in [-0.05, 0) is 19.0 Å². The lowest BCUT2D eigenvalue weighted by molar-refractivity contribution is -0.137. The molecule has 0 bridgehead atoms. The highest BCUT2D eigenvalue weighted by Crippen LogP contribution is 2.33. The molecule has 1 heterocycles. The highest BCUT2D eigenvalue weighted by molar-refractivity contribution is 5.66. The molecule has 1 aromatic rings. The largest absolute Gasteiger partial charge is 0.486 e. The van der Waals surface area contributed by atoms with E-state index in [1.54, 1.807) is 0 Å². The van der Waals surface area contributed by atoms with E-state index in [1.807, 2.05) is 18.2 Å². The van der Waals surface area contributed by atoms with Crippen LogP contribution in [0.2, 0.25) is 0 Å². The van der Waals surface area contributed by atoms with Crippen LogP contribution in [0.15, 0.2) is 18.2 Å². The molecule has 5 nitrogen and oxygen atoms in total. The number of hydrogen-bond donors (Lipinski definition) is 2. The quantitative estimate of drug-likeness (QED) is 0.748. The number of fused-ring (bicyclic) bond motifs is 1. The SMILES string of the molecule is O=C(O)CCCNCc1cccc2c1OCCO2. The summed E-state index contributed by atoms with van der Waals surface area (Å²) < 4.78 is 11.1. The van der Waals surface area contributed by atoms with E-state index in [9.17, 15) is 4.79 Å². The maximum Gasteiger partial charge on any atom is 0.303 e. The molecule has 0 unspecified atom stereocenters. The lowest BCUT2D eigenvalue weighted by Crippen LogP contribution is -2.20. The molecule has 0 amide bonds. The third kappa shape index (κ3) is 3.37. The lowest BCUT2D eigenvalue weighted by Gasteiger charge is -2.21. The van der Waals surface area contributed by atoms with Crippen molar-refractivity contribution in [1.29, 1.82) is 0 Å². The topological polar surface area (TPSA) is 67.8 Å². The van der Waals surface area contributed by atoms with Gasteiger partial charge in [0.25, 0.3) is 0 Å². The van der Waals surface area contributed by atoms with Crippen LogP contribution in [0.5, 0.6) is 11.5 Å². The Morgan fingerprint density at radius 1 is 1.33 bits per heavy atom. The van der Waals surface area contributed by atoms with E-state index < -0.39 is 5.97 Å². The molecule has 0 atom stereocenters. The van der Waals surface area contributed by atoms with E-state index in [-0.39, 0.29) is 6.42 Å². The van der Waals surface area contributed by atoms with E-state index in [0.717, 1.165) is 17.1 Å². The molecule has 0 aromatic heterocycles. The maximum atomic E-state index is 10.4. The number of benzene rings is 1. The Balaban J connectivity index is 1.84. The van der Waals surface area contributed by atoms with Crippen LogP contribution in [0.3, 0.4) is 0 Å². The van der Waals surface area contributed by atoms with Crippen molar-refractivity contribution in [2.24, 2.45) is 0 Å². The zero-order chi connectivity index (χ0) is 12.8. The van der Waals surface area contributed by atoms with Gasteiger partial charge in [0.1, 0.15) is 13.2 Å². The molecule has 5 heteroatoms. The van der Waals surface area contributed by atoms with Gasteiger partial charge in [0, 0.05) is 18.5 Å². The number of ether oxygens (including phenoxy) is 2. The van der Waals surface area contributed by atoms with Crippen LogP contribution in [0.1, 0.15) is 18.4 Å². The van der Waals surface area contributed by atoms with Gasteiger partial charge in [-0.3, -0.25) is 4.79 Å². The summed E-state index contributed by atoms with van der Waals surface area (Å²) in [4.78, 5) is 10.4. The molecule has 2 rings (SSSR count). The van der Waals surface area contributed by atoms with Gasteiger partial charge in [0.15, 0.2) is 11.5 Å². The van der Waals surface area contributed by atoms with E-state index in [1.165, 1.54) is 0 Å². The molecule has 1 aliphatic rings. The fraction of sp³-hybridized carbons (Fsp3) is 0.462. The minimum atomic E-state index is -0.759. The summed E-state index contributed by atoms with van der Waals surface area (Å²) in [6, 6.07) is 5.81. The number of rotatable bonds is 6. The molecule has 0 saturated heterocycles. The molecule has 18 heavy (non-hydrogen) atoms. The van der Waals surface area contributed by atoms with Crippen molar-refractivity contribution in [2.45, 2.75) is 19.4 Å². The van der Waals surface area contributed by atoms with Crippen LogP contribution in [-0.4, -0.2) is 30.8 Å². The Morgan fingerprint density at radius 2 is 2.17 bits per heavy atom. The summed E-state index contributed by atoms with van der Waals surface area (Å²) in [5, 5.41) is 11.7. The van der Waals surface area contributed by atoms with Crippen molar-refractivity contribution in [1.82, 2.24) is 5.32 Å². The van der Waals surface area contributed by atoms with Gasteiger partial charge in [0.2, 0.25) is 0 Å². The van der Waals surface area contributed by atoms with Crippen molar-refractivity contribution in [3.63, 3.8) is 0 Å². The van der Waals surface area contributed by atoms with E-state index in [4.69, 9.17) is 14.6 Å². The smallest absolute Gasteiger partial charge is 0.303 e. The summed E-state index contributed by atoms with van der Waals surface area (Å²) in [6.45, 7) is 2.49. The summed E-state index contributed by atoms with van der Waals surface area (Å²) in [5.41, 5.74) is 1.04. The molecule has 0 saturated carbocycles. The number of carbonyl (C=O) groups is 1. The minimum Gasteiger partial charge on any atom is -0.486 e. The molecule has 1 aromatic carbocycles. The van der Waals surface area contributed by atoms with Gasteiger partial charge in [-0.2, -0.15) is 0 Å². The maximum absolute atomic E-state index is 10.4. The van der Waals surface area contributed by atoms with Gasteiger partial charge in [-0.1, -0.05) is 12.1 Å². The first kappa shape index (κ1) is 12.7. The number of aliphatic carboxylic acids is 1. The second-order valence-corrected chi connectivity index (χ2v) is 4.12. The molecular weight excluding hydrogens is 234 g/mol. The number of carboxylic acid groups (broad SMARTS) is 1. The first-order chi connectivity index (χ1) is 8.77. The third-order valence-corrected chi connectivity index (χ3v) is 2.71. The van der Waals surface area contributed by atoms with Crippen LogP contribution in [-0.2, 0) is 11.3 Å². The lowest BCUT2D eigenvalue weighted by atomic mass is 10.1. The molecule has 0 radical (unpaired) electrons. The zero-order valence-corrected chi connectivity index (χ0v) is 10.1. The molecule has 1 aliphatic heterocycles. The molecular formula is C13H17NO4. The minimum absolute atomic E-state index is 0.194. The number of nitrogens with one attached hydrogen (secondary N) is 1. The van der Waals surface area contributed by atoms with Crippen molar-refractivity contribution < 1.29 is 19.4 Å². The highest BCUT2D eigenvalue weighted by Gasteiger charge is 2.14. The number of para-hydroxylation sites is 1. The van der Waals surface area contributed by atoms with E-state index in [0.29, 0.717) is 32.7 Å². The van der Waals surface area contributed by atoms with Gasteiger partial charge in [-0.25, -0.2) is 0 Å². The Bertz CT molecular complexity index is 419. The van der Waals surface area contributed by atoms with Crippen molar-refractivity contribution in [3.8, 4) is 11.5 Å². The second-order valence-electron chi connectivity index (χ2n) is 4.12. The normalized spacial score (nSPS) is 13.3. The summed E-state index contributed by atoms with van der Waals surface area (Å²) in [6.07, 6.45) is 0.821. The summed E-state index contributed by atoms with van der Waals surface area (Å²) >= 11 is 0.